The van der Waals surface area contributed by atoms with Crippen LogP contribution in [-0.2, 0) is 0 Å². The van der Waals surface area contributed by atoms with Gasteiger partial charge in [-0.3, -0.25) is 0 Å². The summed E-state index contributed by atoms with van der Waals surface area (Å²) < 4.78 is 0. The van der Waals surface area contributed by atoms with Gasteiger partial charge < -0.3 is 0 Å². The summed E-state index contributed by atoms with van der Waals surface area (Å²) in [5, 5.41) is 0. The van der Waals surface area contributed by atoms with E-state index >= 15 is 0 Å². The molecule has 0 aliphatic heterocycles. The molecule has 3 unspecified atom stereocenters. The number of allylic oxidation sites excluding steroid dienone is 2. The average molecular weight is 319 g/mol. The second-order valence-electron chi connectivity index (χ2n) is 8.65. The Hall–Kier alpha value is -0.260. The van der Waals surface area contributed by atoms with Crippen LogP contribution < -0.4 is 0 Å². The first-order valence-corrected chi connectivity index (χ1v) is 10.9. The van der Waals surface area contributed by atoms with Gasteiger partial charge in [-0.15, -0.1) is 0 Å². The second-order valence-corrected chi connectivity index (χ2v) is 8.65. The lowest BCUT2D eigenvalue weighted by Gasteiger charge is -2.38. The van der Waals surface area contributed by atoms with Gasteiger partial charge in [0.2, 0.25) is 0 Å². The molecule has 0 N–H and O–H groups in total. The molecule has 0 saturated heterocycles. The van der Waals surface area contributed by atoms with Crippen LogP contribution in [0.15, 0.2) is 11.6 Å². The molecule has 0 radical (unpaired) electrons. The maximum Gasteiger partial charge on any atom is -0.0317 e. The third-order valence-corrected chi connectivity index (χ3v) is 6.92. The first-order chi connectivity index (χ1) is 11.2. The molecule has 1 saturated carbocycles. The van der Waals surface area contributed by atoms with Crippen LogP contribution in [0.2, 0.25) is 0 Å². The predicted octanol–water partition coefficient (Wildman–Crippen LogP) is 7.93. The molecular formula is C23H42. The molecule has 0 spiro atoms. The van der Waals surface area contributed by atoms with E-state index in [1.54, 1.807) is 12.0 Å². The molecule has 2 aliphatic carbocycles. The monoisotopic (exact) mass is 318 g/mol. The van der Waals surface area contributed by atoms with Crippen molar-refractivity contribution in [3.63, 3.8) is 0 Å². The van der Waals surface area contributed by atoms with Crippen LogP contribution in [0.3, 0.4) is 0 Å². The molecule has 0 aromatic carbocycles. The third-order valence-electron chi connectivity index (χ3n) is 6.92. The highest BCUT2D eigenvalue weighted by Gasteiger charge is 2.31. The summed E-state index contributed by atoms with van der Waals surface area (Å²) in [7, 11) is 0. The molecular weight excluding hydrogens is 276 g/mol. The lowest BCUT2D eigenvalue weighted by Crippen LogP contribution is -2.27. The summed E-state index contributed by atoms with van der Waals surface area (Å²) in [6.07, 6.45) is 23.1. The maximum atomic E-state index is 2.60. The van der Waals surface area contributed by atoms with Gasteiger partial charge in [0.25, 0.3) is 0 Å². The van der Waals surface area contributed by atoms with E-state index in [2.05, 4.69) is 26.8 Å². The molecule has 2 rings (SSSR count). The molecule has 134 valence electrons. The highest BCUT2D eigenvalue weighted by molar-refractivity contribution is 5.02. The van der Waals surface area contributed by atoms with E-state index in [-0.39, 0.29) is 0 Å². The Morgan fingerprint density at radius 2 is 1.74 bits per heavy atom. The Labute approximate surface area is 146 Å². The van der Waals surface area contributed by atoms with Crippen molar-refractivity contribution in [2.75, 3.05) is 0 Å². The summed E-state index contributed by atoms with van der Waals surface area (Å²) in [5.41, 5.74) is 1.66. The Bertz CT molecular complexity index is 334. The fourth-order valence-corrected chi connectivity index (χ4v) is 5.30. The predicted molar refractivity (Wildman–Crippen MR) is 104 cm³/mol. The molecule has 0 bridgehead atoms. The standard InChI is InChI=1S/C23H42/c1-4-6-12-20(5-2)18-23(21-13-8-7-9-14-21)22-15-10-11-19(3)16-17-22/h16,20-23H,4-15,17-18H2,1-3H3. The lowest BCUT2D eigenvalue weighted by atomic mass is 9.68. The van der Waals surface area contributed by atoms with Crippen molar-refractivity contribution in [3.05, 3.63) is 11.6 Å². The van der Waals surface area contributed by atoms with Gasteiger partial charge >= 0.3 is 0 Å². The molecule has 0 heterocycles. The van der Waals surface area contributed by atoms with Crippen LogP contribution in [0.4, 0.5) is 0 Å². The van der Waals surface area contributed by atoms with Gasteiger partial charge in [0.15, 0.2) is 0 Å². The first kappa shape index (κ1) is 19.1. The highest BCUT2D eigenvalue weighted by Crippen LogP contribution is 2.43. The first-order valence-electron chi connectivity index (χ1n) is 10.9. The zero-order chi connectivity index (χ0) is 16.5. The molecule has 3 atom stereocenters. The van der Waals surface area contributed by atoms with Crippen molar-refractivity contribution in [3.8, 4) is 0 Å². The van der Waals surface area contributed by atoms with Crippen LogP contribution in [-0.4, -0.2) is 0 Å². The minimum absolute atomic E-state index is 0.992. The van der Waals surface area contributed by atoms with Crippen LogP contribution >= 0.6 is 0 Å². The van der Waals surface area contributed by atoms with Gasteiger partial charge in [-0.05, 0) is 62.7 Å². The Morgan fingerprint density at radius 3 is 2.43 bits per heavy atom. The molecule has 23 heavy (non-hydrogen) atoms. The average Bonchev–Trinajstić information content (AvgIpc) is 2.81. The summed E-state index contributed by atoms with van der Waals surface area (Å²) in [5.74, 6) is 4.07. The van der Waals surface area contributed by atoms with Gasteiger partial charge in [-0.1, -0.05) is 83.3 Å². The largest absolute Gasteiger partial charge is 0.0853 e. The quantitative estimate of drug-likeness (QED) is 0.399. The Balaban J connectivity index is 2.03. The summed E-state index contributed by atoms with van der Waals surface area (Å²) >= 11 is 0. The number of hydrogen-bond donors (Lipinski definition) is 0. The van der Waals surface area contributed by atoms with Crippen LogP contribution in [0.5, 0.6) is 0 Å². The number of unbranched alkanes of at least 4 members (excludes halogenated alkanes) is 1. The fourth-order valence-electron chi connectivity index (χ4n) is 5.30. The van der Waals surface area contributed by atoms with Crippen molar-refractivity contribution in [2.24, 2.45) is 23.7 Å². The second kappa shape index (κ2) is 10.6. The molecule has 0 aromatic rings. The Morgan fingerprint density at radius 1 is 1.00 bits per heavy atom. The lowest BCUT2D eigenvalue weighted by molar-refractivity contribution is 0.134. The maximum absolute atomic E-state index is 2.60. The van der Waals surface area contributed by atoms with Gasteiger partial charge in [-0.25, -0.2) is 0 Å². The van der Waals surface area contributed by atoms with E-state index in [0.29, 0.717) is 0 Å². The van der Waals surface area contributed by atoms with E-state index in [4.69, 9.17) is 0 Å². The SMILES string of the molecule is CCCCC(CC)CC(C1CC=C(C)CCC1)C1CCCCC1. The summed E-state index contributed by atoms with van der Waals surface area (Å²) in [6.45, 7) is 7.15. The van der Waals surface area contributed by atoms with Gasteiger partial charge in [-0.2, -0.15) is 0 Å². The fraction of sp³-hybridized carbons (Fsp3) is 0.913. The van der Waals surface area contributed by atoms with Crippen LogP contribution in [0.25, 0.3) is 0 Å². The van der Waals surface area contributed by atoms with Crippen molar-refractivity contribution in [1.29, 1.82) is 0 Å². The van der Waals surface area contributed by atoms with Crippen LogP contribution in [0, 0.1) is 23.7 Å². The zero-order valence-corrected chi connectivity index (χ0v) is 16.3. The van der Waals surface area contributed by atoms with Gasteiger partial charge in [0.1, 0.15) is 0 Å². The third kappa shape index (κ3) is 6.28. The number of hydrogen-bond acceptors (Lipinski definition) is 0. The minimum Gasteiger partial charge on any atom is -0.0853 e. The summed E-state index contributed by atoms with van der Waals surface area (Å²) in [4.78, 5) is 0. The minimum atomic E-state index is 0.992. The summed E-state index contributed by atoms with van der Waals surface area (Å²) in [6, 6.07) is 0. The van der Waals surface area contributed by atoms with Gasteiger partial charge in [0.05, 0.1) is 0 Å². The van der Waals surface area contributed by atoms with Crippen LogP contribution in [0.1, 0.15) is 111 Å². The molecule has 0 nitrogen and oxygen atoms in total. The molecule has 0 heteroatoms. The van der Waals surface area contributed by atoms with Gasteiger partial charge in [0, 0.05) is 0 Å². The molecule has 2 aliphatic rings. The van der Waals surface area contributed by atoms with E-state index in [0.717, 1.165) is 23.7 Å². The van der Waals surface area contributed by atoms with E-state index < -0.39 is 0 Å². The van der Waals surface area contributed by atoms with E-state index in [1.807, 2.05) is 0 Å². The van der Waals surface area contributed by atoms with Crippen molar-refractivity contribution in [1.82, 2.24) is 0 Å². The zero-order valence-electron chi connectivity index (χ0n) is 16.3. The Kier molecular flexibility index (Phi) is 8.77. The molecule has 0 amide bonds. The molecule has 1 fully saturated rings. The smallest absolute Gasteiger partial charge is 0.0317 e. The molecule has 0 aromatic heterocycles. The van der Waals surface area contributed by atoms with Crippen molar-refractivity contribution >= 4 is 0 Å². The van der Waals surface area contributed by atoms with Crippen molar-refractivity contribution in [2.45, 2.75) is 111 Å². The number of rotatable bonds is 8. The van der Waals surface area contributed by atoms with E-state index in [9.17, 15) is 0 Å². The topological polar surface area (TPSA) is 0 Å². The van der Waals surface area contributed by atoms with Crippen molar-refractivity contribution < 1.29 is 0 Å². The normalized spacial score (nSPS) is 26.4. The highest BCUT2D eigenvalue weighted by atomic mass is 14.4. The van der Waals surface area contributed by atoms with E-state index in [1.165, 1.54) is 83.5 Å².